The lowest BCUT2D eigenvalue weighted by molar-refractivity contribution is 0.555. The summed E-state index contributed by atoms with van der Waals surface area (Å²) in [7, 11) is 2.07. The highest BCUT2D eigenvalue weighted by Gasteiger charge is 1.94. The highest BCUT2D eigenvalue weighted by Crippen LogP contribution is 2.08. The quantitative estimate of drug-likeness (QED) is 0.581. The fourth-order valence-electron chi connectivity index (χ4n) is 2.28. The lowest BCUT2D eigenvalue weighted by Crippen LogP contribution is -2.14. The van der Waals surface area contributed by atoms with Crippen molar-refractivity contribution in [3.8, 4) is 0 Å². The zero-order chi connectivity index (χ0) is 13.1. The molecule has 1 aromatic rings. The lowest BCUT2D eigenvalue weighted by atomic mass is 10.1. The molecule has 0 spiro atoms. The van der Waals surface area contributed by atoms with Gasteiger partial charge in [-0.1, -0.05) is 51.9 Å². The molecule has 0 aliphatic carbocycles. The number of unbranched alkanes of at least 4 members (excludes halogenated alkanes) is 7. The summed E-state index contributed by atoms with van der Waals surface area (Å²) in [6.07, 6.45) is 15.5. The highest BCUT2D eigenvalue weighted by atomic mass is 14.9. The molecular weight excluding hydrogens is 220 g/mol. The van der Waals surface area contributed by atoms with Gasteiger partial charge >= 0.3 is 0 Å². The van der Waals surface area contributed by atoms with Crippen LogP contribution >= 0.6 is 0 Å². The van der Waals surface area contributed by atoms with Gasteiger partial charge in [0.1, 0.15) is 0 Å². The number of hydrogen-bond donors (Lipinski definition) is 1. The standard InChI is InChI=1S/C16H30N2/c1-3-4-5-6-7-8-9-10-12-17-14-16-11-13-18(2)15-16/h11,13,15,17H,3-10,12,14H2,1-2H3. The van der Waals surface area contributed by atoms with Gasteiger partial charge in [0.05, 0.1) is 0 Å². The molecule has 0 bridgehead atoms. The van der Waals surface area contributed by atoms with E-state index in [0.717, 1.165) is 13.1 Å². The molecule has 0 radical (unpaired) electrons. The molecule has 0 atom stereocenters. The van der Waals surface area contributed by atoms with Gasteiger partial charge in [0.25, 0.3) is 0 Å². The van der Waals surface area contributed by atoms with Crippen molar-refractivity contribution in [2.45, 2.75) is 64.8 Å². The Morgan fingerprint density at radius 2 is 1.67 bits per heavy atom. The van der Waals surface area contributed by atoms with Crippen molar-refractivity contribution in [2.75, 3.05) is 6.54 Å². The molecule has 1 N–H and O–H groups in total. The fraction of sp³-hybridized carbons (Fsp3) is 0.750. The first-order valence-corrected chi connectivity index (χ1v) is 7.64. The van der Waals surface area contributed by atoms with Gasteiger partial charge in [-0.15, -0.1) is 0 Å². The Bertz CT molecular complexity index is 291. The minimum atomic E-state index is 1.01. The van der Waals surface area contributed by atoms with Crippen LogP contribution in [0.2, 0.25) is 0 Å². The van der Waals surface area contributed by atoms with E-state index in [-0.39, 0.29) is 0 Å². The van der Waals surface area contributed by atoms with Gasteiger partial charge in [-0.25, -0.2) is 0 Å². The Balaban J connectivity index is 1.81. The molecular formula is C16H30N2. The first-order valence-electron chi connectivity index (χ1n) is 7.64. The van der Waals surface area contributed by atoms with E-state index in [0.29, 0.717) is 0 Å². The number of hydrogen-bond acceptors (Lipinski definition) is 1. The van der Waals surface area contributed by atoms with Crippen LogP contribution in [0.25, 0.3) is 0 Å². The SMILES string of the molecule is CCCCCCCCCCNCc1ccn(C)c1. The van der Waals surface area contributed by atoms with E-state index in [4.69, 9.17) is 0 Å². The van der Waals surface area contributed by atoms with Gasteiger partial charge in [-0.2, -0.15) is 0 Å². The number of rotatable bonds is 11. The number of aryl methyl sites for hydroxylation is 1. The van der Waals surface area contributed by atoms with Crippen LogP contribution in [0.4, 0.5) is 0 Å². The van der Waals surface area contributed by atoms with Gasteiger partial charge in [-0.3, -0.25) is 0 Å². The summed E-state index contributed by atoms with van der Waals surface area (Å²) >= 11 is 0. The molecule has 104 valence electrons. The predicted molar refractivity (Wildman–Crippen MR) is 79.7 cm³/mol. The molecule has 0 aromatic carbocycles. The highest BCUT2D eigenvalue weighted by molar-refractivity contribution is 5.09. The van der Waals surface area contributed by atoms with Crippen LogP contribution in [-0.4, -0.2) is 11.1 Å². The maximum atomic E-state index is 3.51. The van der Waals surface area contributed by atoms with Crippen LogP contribution in [0.1, 0.15) is 63.9 Å². The molecule has 1 rings (SSSR count). The number of aromatic nitrogens is 1. The van der Waals surface area contributed by atoms with Crippen LogP contribution < -0.4 is 5.32 Å². The van der Waals surface area contributed by atoms with Gasteiger partial charge < -0.3 is 9.88 Å². The molecule has 18 heavy (non-hydrogen) atoms. The Labute approximate surface area is 113 Å². The summed E-state index contributed by atoms with van der Waals surface area (Å²) in [6, 6.07) is 2.18. The molecule has 0 aliphatic rings. The Kier molecular flexibility index (Phi) is 8.66. The number of nitrogens with one attached hydrogen (secondary N) is 1. The lowest BCUT2D eigenvalue weighted by Gasteiger charge is -2.03. The van der Waals surface area contributed by atoms with Crippen molar-refractivity contribution in [2.24, 2.45) is 7.05 Å². The third-order valence-corrected chi connectivity index (χ3v) is 3.43. The molecule has 1 heterocycles. The van der Waals surface area contributed by atoms with Crippen molar-refractivity contribution >= 4 is 0 Å². The second-order valence-electron chi connectivity index (χ2n) is 5.34. The second-order valence-corrected chi connectivity index (χ2v) is 5.34. The Morgan fingerprint density at radius 1 is 1.00 bits per heavy atom. The molecule has 0 saturated heterocycles. The largest absolute Gasteiger partial charge is 0.357 e. The summed E-state index contributed by atoms with van der Waals surface area (Å²) < 4.78 is 2.10. The summed E-state index contributed by atoms with van der Waals surface area (Å²) in [4.78, 5) is 0. The number of nitrogens with zero attached hydrogens (tertiary/aromatic N) is 1. The smallest absolute Gasteiger partial charge is 0.0220 e. The summed E-state index contributed by atoms with van der Waals surface area (Å²) in [5.41, 5.74) is 1.39. The molecule has 0 saturated carbocycles. The van der Waals surface area contributed by atoms with Crippen molar-refractivity contribution < 1.29 is 0 Å². The van der Waals surface area contributed by atoms with Crippen molar-refractivity contribution in [1.82, 2.24) is 9.88 Å². The first-order chi connectivity index (χ1) is 8.83. The Hall–Kier alpha value is -0.760. The first kappa shape index (κ1) is 15.3. The molecule has 2 heteroatoms. The maximum absolute atomic E-state index is 3.51. The van der Waals surface area contributed by atoms with Crippen molar-refractivity contribution in [1.29, 1.82) is 0 Å². The zero-order valence-electron chi connectivity index (χ0n) is 12.3. The van der Waals surface area contributed by atoms with E-state index < -0.39 is 0 Å². The van der Waals surface area contributed by atoms with E-state index >= 15 is 0 Å². The molecule has 0 fully saturated rings. The van der Waals surface area contributed by atoms with Gasteiger partial charge in [0.15, 0.2) is 0 Å². The molecule has 0 amide bonds. The minimum Gasteiger partial charge on any atom is -0.357 e. The summed E-state index contributed by atoms with van der Waals surface area (Å²) in [6.45, 7) is 4.44. The van der Waals surface area contributed by atoms with Crippen LogP contribution in [0.5, 0.6) is 0 Å². The van der Waals surface area contributed by atoms with Crippen LogP contribution in [0.15, 0.2) is 18.5 Å². The zero-order valence-corrected chi connectivity index (χ0v) is 12.3. The van der Waals surface area contributed by atoms with E-state index in [9.17, 15) is 0 Å². The maximum Gasteiger partial charge on any atom is 0.0220 e. The average molecular weight is 250 g/mol. The third-order valence-electron chi connectivity index (χ3n) is 3.43. The predicted octanol–water partition coefficient (Wildman–Crippen LogP) is 4.26. The fourth-order valence-corrected chi connectivity index (χ4v) is 2.28. The monoisotopic (exact) mass is 250 g/mol. The molecule has 2 nitrogen and oxygen atoms in total. The van der Waals surface area contributed by atoms with E-state index in [1.165, 1.54) is 56.9 Å². The third kappa shape index (κ3) is 7.54. The van der Waals surface area contributed by atoms with Gasteiger partial charge in [-0.05, 0) is 24.6 Å². The van der Waals surface area contributed by atoms with Gasteiger partial charge in [0, 0.05) is 26.0 Å². The topological polar surface area (TPSA) is 17.0 Å². The van der Waals surface area contributed by atoms with Crippen LogP contribution in [0, 0.1) is 0 Å². The van der Waals surface area contributed by atoms with Gasteiger partial charge in [0.2, 0.25) is 0 Å². The van der Waals surface area contributed by atoms with E-state index in [2.05, 4.69) is 42.3 Å². The van der Waals surface area contributed by atoms with Crippen molar-refractivity contribution in [3.63, 3.8) is 0 Å². The molecule has 0 unspecified atom stereocenters. The van der Waals surface area contributed by atoms with E-state index in [1.807, 2.05) is 0 Å². The van der Waals surface area contributed by atoms with Crippen LogP contribution in [0.3, 0.4) is 0 Å². The summed E-state index contributed by atoms with van der Waals surface area (Å²) in [5, 5.41) is 3.51. The van der Waals surface area contributed by atoms with Crippen molar-refractivity contribution in [3.05, 3.63) is 24.0 Å². The second kappa shape index (κ2) is 10.2. The molecule has 1 aromatic heterocycles. The van der Waals surface area contributed by atoms with E-state index in [1.54, 1.807) is 0 Å². The average Bonchev–Trinajstić information content (AvgIpc) is 2.77. The normalized spacial score (nSPS) is 11.0. The van der Waals surface area contributed by atoms with Crippen LogP contribution in [-0.2, 0) is 13.6 Å². The minimum absolute atomic E-state index is 1.01. The Morgan fingerprint density at radius 3 is 2.28 bits per heavy atom. The molecule has 0 aliphatic heterocycles. The summed E-state index contributed by atoms with van der Waals surface area (Å²) in [5.74, 6) is 0.